The minimum Gasteiger partial charge on any atom is -0.463 e. The summed E-state index contributed by atoms with van der Waals surface area (Å²) in [5.41, 5.74) is 5.27. The van der Waals surface area contributed by atoms with E-state index in [1.54, 1.807) is 6.92 Å². The fourth-order valence-electron chi connectivity index (χ4n) is 3.97. The number of ketones is 1. The Morgan fingerprint density at radius 1 is 1.19 bits per heavy atom. The Morgan fingerprint density at radius 2 is 1.85 bits per heavy atom. The monoisotopic (exact) mass is 367 g/mol. The van der Waals surface area contributed by atoms with Crippen molar-refractivity contribution in [2.45, 2.75) is 65.2 Å². The Labute approximate surface area is 161 Å². The lowest BCUT2D eigenvalue weighted by molar-refractivity contribution is -0.138. The molecule has 0 aromatic heterocycles. The number of dihydropyridines is 1. The van der Waals surface area contributed by atoms with Crippen LogP contribution >= 0.6 is 0 Å². The summed E-state index contributed by atoms with van der Waals surface area (Å²) in [7, 11) is 0. The zero-order valence-electron chi connectivity index (χ0n) is 16.9. The van der Waals surface area contributed by atoms with E-state index < -0.39 is 0 Å². The van der Waals surface area contributed by atoms with E-state index in [0.717, 1.165) is 35.4 Å². The van der Waals surface area contributed by atoms with Crippen LogP contribution in [0.3, 0.4) is 0 Å². The van der Waals surface area contributed by atoms with Crippen LogP contribution in [0, 0.1) is 0 Å². The maximum absolute atomic E-state index is 12.8. The number of allylic oxidation sites excluding steroid dienone is 3. The Bertz CT molecular complexity index is 822. The number of Topliss-reactive ketones (excluding diaryl/α,β-unsaturated/α-hetero) is 1. The highest BCUT2D eigenvalue weighted by Gasteiger charge is 2.39. The van der Waals surface area contributed by atoms with Crippen LogP contribution in [0.2, 0.25) is 0 Å². The molecular weight excluding hydrogens is 338 g/mol. The summed E-state index contributed by atoms with van der Waals surface area (Å²) in [5.74, 6) is -0.581. The number of benzene rings is 1. The molecule has 0 saturated heterocycles. The molecule has 1 N–H and O–H groups in total. The fraction of sp³-hybridized carbons (Fsp3) is 0.478. The molecule has 4 nitrogen and oxygen atoms in total. The van der Waals surface area contributed by atoms with Gasteiger partial charge in [-0.1, -0.05) is 45.0 Å². The molecule has 1 aromatic rings. The molecule has 0 amide bonds. The third-order valence-corrected chi connectivity index (χ3v) is 5.38. The van der Waals surface area contributed by atoms with Crippen molar-refractivity contribution in [1.29, 1.82) is 0 Å². The highest BCUT2D eigenvalue weighted by Crippen LogP contribution is 2.42. The first-order valence-corrected chi connectivity index (χ1v) is 9.75. The van der Waals surface area contributed by atoms with Gasteiger partial charge in [-0.15, -0.1) is 0 Å². The van der Waals surface area contributed by atoms with E-state index in [4.69, 9.17) is 4.74 Å². The molecule has 1 aliphatic heterocycles. The average molecular weight is 367 g/mol. The molecule has 1 aromatic carbocycles. The number of rotatable bonds is 3. The van der Waals surface area contributed by atoms with Crippen LogP contribution in [0.1, 0.15) is 70.9 Å². The summed E-state index contributed by atoms with van der Waals surface area (Å²) in [6, 6.07) is 8.30. The van der Waals surface area contributed by atoms with Crippen molar-refractivity contribution in [2.24, 2.45) is 0 Å². The molecule has 0 fully saturated rings. The second-order valence-electron chi connectivity index (χ2n) is 8.36. The third-order valence-electron chi connectivity index (χ3n) is 5.38. The van der Waals surface area contributed by atoms with Gasteiger partial charge in [-0.2, -0.15) is 0 Å². The molecule has 0 spiro atoms. The first kappa shape index (κ1) is 19.4. The Kier molecular flexibility index (Phi) is 5.27. The maximum Gasteiger partial charge on any atom is 0.336 e. The third kappa shape index (κ3) is 3.71. The Balaban J connectivity index is 2.12. The average Bonchev–Trinajstić information content (AvgIpc) is 2.60. The summed E-state index contributed by atoms with van der Waals surface area (Å²) in [5, 5.41) is 3.31. The largest absolute Gasteiger partial charge is 0.463 e. The summed E-state index contributed by atoms with van der Waals surface area (Å²) < 4.78 is 5.33. The minimum absolute atomic E-state index is 0.0491. The van der Waals surface area contributed by atoms with Crippen LogP contribution in [0.4, 0.5) is 0 Å². The van der Waals surface area contributed by atoms with E-state index in [-0.39, 0.29) is 23.1 Å². The van der Waals surface area contributed by atoms with Crippen molar-refractivity contribution in [2.75, 3.05) is 6.61 Å². The van der Waals surface area contributed by atoms with Crippen molar-refractivity contribution in [3.63, 3.8) is 0 Å². The molecule has 1 aliphatic carbocycles. The van der Waals surface area contributed by atoms with E-state index >= 15 is 0 Å². The number of carbonyl (C=O) groups excluding carboxylic acids is 2. The lowest BCUT2D eigenvalue weighted by Gasteiger charge is -2.34. The molecule has 1 unspecified atom stereocenters. The standard InChI is InChI=1S/C23H29NO3/c1-6-27-22(26)19-14(2)24-17-8-7-9-18(25)21(17)20(19)15-10-12-16(13-11-15)23(3,4)5/h10-13,20,24H,6-9H2,1-5H3. The quantitative estimate of drug-likeness (QED) is 0.799. The lowest BCUT2D eigenvalue weighted by atomic mass is 9.74. The maximum atomic E-state index is 12.8. The zero-order chi connectivity index (χ0) is 19.8. The second kappa shape index (κ2) is 7.34. The van der Waals surface area contributed by atoms with Gasteiger partial charge in [0.25, 0.3) is 0 Å². The molecule has 2 aliphatic rings. The lowest BCUT2D eigenvalue weighted by Crippen LogP contribution is -2.34. The number of ether oxygens (including phenoxy) is 1. The van der Waals surface area contributed by atoms with E-state index in [0.29, 0.717) is 18.6 Å². The summed E-state index contributed by atoms with van der Waals surface area (Å²) in [6.07, 6.45) is 2.22. The van der Waals surface area contributed by atoms with Crippen LogP contribution in [0.25, 0.3) is 0 Å². The molecule has 0 saturated carbocycles. The number of nitrogens with one attached hydrogen (secondary N) is 1. The minimum atomic E-state index is -0.359. The highest BCUT2D eigenvalue weighted by atomic mass is 16.5. The zero-order valence-corrected chi connectivity index (χ0v) is 16.9. The van der Waals surface area contributed by atoms with E-state index in [9.17, 15) is 9.59 Å². The normalized spacial score (nSPS) is 20.3. The molecule has 1 atom stereocenters. The first-order chi connectivity index (χ1) is 12.7. The van der Waals surface area contributed by atoms with Gasteiger partial charge in [-0.25, -0.2) is 4.79 Å². The SMILES string of the molecule is CCOC(=O)C1=C(C)NC2=C(C(=O)CCC2)C1c1ccc(C(C)(C)C)cc1. The van der Waals surface area contributed by atoms with Gasteiger partial charge in [-0.05, 0) is 43.2 Å². The van der Waals surface area contributed by atoms with Gasteiger partial charge < -0.3 is 10.1 Å². The topological polar surface area (TPSA) is 55.4 Å². The Morgan fingerprint density at radius 3 is 2.44 bits per heavy atom. The van der Waals surface area contributed by atoms with Crippen molar-refractivity contribution in [1.82, 2.24) is 5.32 Å². The first-order valence-electron chi connectivity index (χ1n) is 9.75. The highest BCUT2D eigenvalue weighted by molar-refractivity contribution is 6.03. The van der Waals surface area contributed by atoms with Crippen LogP contribution < -0.4 is 5.32 Å². The van der Waals surface area contributed by atoms with Crippen molar-refractivity contribution < 1.29 is 14.3 Å². The van der Waals surface area contributed by atoms with E-state index in [2.05, 4.69) is 50.4 Å². The van der Waals surface area contributed by atoms with Gasteiger partial charge >= 0.3 is 5.97 Å². The predicted octanol–water partition coefficient (Wildman–Crippen LogP) is 4.52. The number of hydrogen-bond donors (Lipinski definition) is 1. The van der Waals surface area contributed by atoms with Crippen molar-refractivity contribution in [3.05, 3.63) is 57.9 Å². The second-order valence-corrected chi connectivity index (χ2v) is 8.36. The number of hydrogen-bond acceptors (Lipinski definition) is 4. The van der Waals surface area contributed by atoms with Gasteiger partial charge in [0.15, 0.2) is 5.78 Å². The molecule has 144 valence electrons. The van der Waals surface area contributed by atoms with E-state index in [1.807, 2.05) is 6.92 Å². The fourth-order valence-corrected chi connectivity index (χ4v) is 3.97. The molecule has 3 rings (SSSR count). The van der Waals surface area contributed by atoms with Gasteiger partial charge in [0.1, 0.15) is 0 Å². The number of carbonyl (C=O) groups is 2. The van der Waals surface area contributed by atoms with Gasteiger partial charge in [0, 0.05) is 29.3 Å². The summed E-state index contributed by atoms with van der Waals surface area (Å²) in [4.78, 5) is 25.5. The molecule has 27 heavy (non-hydrogen) atoms. The Hall–Kier alpha value is -2.36. The van der Waals surface area contributed by atoms with Gasteiger partial charge in [0.2, 0.25) is 0 Å². The van der Waals surface area contributed by atoms with E-state index in [1.165, 1.54) is 5.56 Å². The van der Waals surface area contributed by atoms with Crippen LogP contribution in [-0.4, -0.2) is 18.4 Å². The molecular formula is C23H29NO3. The van der Waals surface area contributed by atoms with Crippen LogP contribution in [-0.2, 0) is 19.7 Å². The van der Waals surface area contributed by atoms with Gasteiger partial charge in [0.05, 0.1) is 12.2 Å². The van der Waals surface area contributed by atoms with Crippen molar-refractivity contribution >= 4 is 11.8 Å². The van der Waals surface area contributed by atoms with Gasteiger partial charge in [-0.3, -0.25) is 4.79 Å². The summed E-state index contributed by atoms with van der Waals surface area (Å²) >= 11 is 0. The number of esters is 1. The molecule has 1 heterocycles. The predicted molar refractivity (Wildman–Crippen MR) is 106 cm³/mol. The molecule has 4 heteroatoms. The van der Waals surface area contributed by atoms with Crippen LogP contribution in [0.15, 0.2) is 46.8 Å². The van der Waals surface area contributed by atoms with Crippen LogP contribution in [0.5, 0.6) is 0 Å². The molecule has 0 radical (unpaired) electrons. The van der Waals surface area contributed by atoms with Crippen molar-refractivity contribution in [3.8, 4) is 0 Å². The smallest absolute Gasteiger partial charge is 0.336 e. The summed E-state index contributed by atoms with van der Waals surface area (Å²) in [6.45, 7) is 10.5. The molecule has 0 bridgehead atoms.